The number of aromatic nitrogens is 3. The molecule has 31 heavy (non-hydrogen) atoms. The van der Waals surface area contributed by atoms with Crippen LogP contribution in [0.15, 0.2) is 48.9 Å². The van der Waals surface area contributed by atoms with Gasteiger partial charge in [-0.1, -0.05) is 18.2 Å². The highest BCUT2D eigenvalue weighted by atomic mass is 16.2. The average Bonchev–Trinajstić information content (AvgIpc) is 3.27. The van der Waals surface area contributed by atoms with Gasteiger partial charge in [-0.2, -0.15) is 0 Å². The summed E-state index contributed by atoms with van der Waals surface area (Å²) in [5.74, 6) is 1.07. The normalized spacial score (nSPS) is 16.6. The molecular weight excluding hydrogens is 390 g/mol. The van der Waals surface area contributed by atoms with Crippen molar-refractivity contribution in [3.63, 3.8) is 0 Å². The van der Waals surface area contributed by atoms with Crippen LogP contribution in [0, 0.1) is 0 Å². The second-order valence-electron chi connectivity index (χ2n) is 8.29. The van der Waals surface area contributed by atoms with Crippen LogP contribution in [-0.4, -0.2) is 83.5 Å². The Labute approximate surface area is 183 Å². The third-order valence-electron chi connectivity index (χ3n) is 5.80. The Hall–Kier alpha value is -3.13. The third-order valence-corrected chi connectivity index (χ3v) is 5.80. The van der Waals surface area contributed by atoms with E-state index in [1.807, 2.05) is 56.7 Å². The molecule has 0 bridgehead atoms. The van der Waals surface area contributed by atoms with E-state index in [0.717, 1.165) is 55.0 Å². The Balaban J connectivity index is 1.48. The Morgan fingerprint density at radius 3 is 2.84 bits per heavy atom. The zero-order chi connectivity index (χ0) is 21.6. The number of anilines is 2. The molecule has 1 aliphatic heterocycles. The van der Waals surface area contributed by atoms with Crippen LogP contribution in [-0.2, 0) is 4.79 Å². The van der Waals surface area contributed by atoms with Crippen LogP contribution >= 0.6 is 0 Å². The predicted octanol–water partition coefficient (Wildman–Crippen LogP) is 2.43. The summed E-state index contributed by atoms with van der Waals surface area (Å²) in [5.41, 5.74) is 1.81. The number of H-pyrrole nitrogens is 1. The molecule has 4 rings (SSSR count). The molecule has 1 atom stereocenters. The molecule has 1 amide bonds. The maximum Gasteiger partial charge on any atom is 0.242 e. The topological polar surface area (TPSA) is 80.4 Å². The van der Waals surface area contributed by atoms with E-state index < -0.39 is 0 Å². The van der Waals surface area contributed by atoms with Gasteiger partial charge in [-0.15, -0.1) is 0 Å². The zero-order valence-corrected chi connectivity index (χ0v) is 18.3. The highest BCUT2D eigenvalue weighted by molar-refractivity contribution is 5.87. The largest absolute Gasteiger partial charge is 0.376 e. The molecule has 1 aromatic carbocycles. The molecule has 2 aromatic heterocycles. The number of nitrogens with zero attached hydrogens (tertiary/aromatic N) is 5. The SMILES string of the molecule is CN(C)CCN(C(=O)CNc1ccccc1)[C@@H]1CCCN(c2ncnc3[nH]ccc23)C1. The number of hydrogen-bond acceptors (Lipinski definition) is 6. The number of carbonyl (C=O) groups excluding carboxylic acids is 1. The van der Waals surface area contributed by atoms with Gasteiger partial charge in [0, 0.05) is 44.1 Å². The van der Waals surface area contributed by atoms with E-state index in [1.54, 1.807) is 6.33 Å². The van der Waals surface area contributed by atoms with E-state index in [9.17, 15) is 4.79 Å². The maximum atomic E-state index is 13.2. The van der Waals surface area contributed by atoms with Crippen molar-refractivity contribution in [1.82, 2.24) is 24.8 Å². The minimum Gasteiger partial charge on any atom is -0.376 e. The standard InChI is InChI=1S/C23H31N7O/c1-28(2)13-14-30(21(31)15-25-18-7-4-3-5-8-18)19-9-6-12-29(16-19)23-20-10-11-24-22(20)26-17-27-23/h3-5,7-8,10-11,17,19,25H,6,9,12-16H2,1-2H3,(H,24,26,27)/t19-/m1/s1. The second-order valence-corrected chi connectivity index (χ2v) is 8.29. The lowest BCUT2D eigenvalue weighted by Gasteiger charge is -2.40. The zero-order valence-electron chi connectivity index (χ0n) is 18.3. The lowest BCUT2D eigenvalue weighted by atomic mass is 10.0. The van der Waals surface area contributed by atoms with Gasteiger partial charge < -0.3 is 25.0 Å². The van der Waals surface area contributed by atoms with Gasteiger partial charge in [0.2, 0.25) is 5.91 Å². The van der Waals surface area contributed by atoms with Crippen molar-refractivity contribution in [2.75, 3.05) is 57.0 Å². The van der Waals surface area contributed by atoms with Crippen molar-refractivity contribution in [3.8, 4) is 0 Å². The van der Waals surface area contributed by atoms with Crippen molar-refractivity contribution in [3.05, 3.63) is 48.9 Å². The molecule has 0 saturated carbocycles. The Morgan fingerprint density at radius 2 is 2.03 bits per heavy atom. The maximum absolute atomic E-state index is 13.2. The number of aromatic amines is 1. The fourth-order valence-electron chi connectivity index (χ4n) is 4.17. The van der Waals surface area contributed by atoms with Gasteiger partial charge in [-0.05, 0) is 45.1 Å². The number of amides is 1. The summed E-state index contributed by atoms with van der Waals surface area (Å²) < 4.78 is 0. The number of fused-ring (bicyclic) bond motifs is 1. The van der Waals surface area contributed by atoms with Gasteiger partial charge in [-0.3, -0.25) is 4.79 Å². The highest BCUT2D eigenvalue weighted by Crippen LogP contribution is 2.26. The first-order chi connectivity index (χ1) is 15.1. The number of rotatable bonds is 8. The summed E-state index contributed by atoms with van der Waals surface area (Å²) in [5, 5.41) is 4.30. The molecular formula is C23H31N7O. The van der Waals surface area contributed by atoms with Crippen molar-refractivity contribution in [1.29, 1.82) is 0 Å². The molecule has 3 aromatic rings. The van der Waals surface area contributed by atoms with Crippen molar-refractivity contribution < 1.29 is 4.79 Å². The van der Waals surface area contributed by atoms with Crippen LogP contribution in [0.5, 0.6) is 0 Å². The molecule has 0 aliphatic carbocycles. The molecule has 1 saturated heterocycles. The molecule has 1 aliphatic rings. The lowest BCUT2D eigenvalue weighted by Crippen LogP contribution is -2.53. The minimum absolute atomic E-state index is 0.132. The molecule has 164 valence electrons. The summed E-state index contributed by atoms with van der Waals surface area (Å²) in [4.78, 5) is 31.7. The van der Waals surface area contributed by atoms with E-state index in [1.165, 1.54) is 0 Å². The molecule has 8 heteroatoms. The molecule has 3 heterocycles. The van der Waals surface area contributed by atoms with Crippen LogP contribution in [0.3, 0.4) is 0 Å². The van der Waals surface area contributed by atoms with Gasteiger partial charge in [0.1, 0.15) is 17.8 Å². The van der Waals surface area contributed by atoms with Gasteiger partial charge in [0.25, 0.3) is 0 Å². The van der Waals surface area contributed by atoms with Crippen molar-refractivity contribution in [2.24, 2.45) is 0 Å². The van der Waals surface area contributed by atoms with Gasteiger partial charge >= 0.3 is 0 Å². The van der Waals surface area contributed by atoms with Crippen molar-refractivity contribution in [2.45, 2.75) is 18.9 Å². The predicted molar refractivity (Wildman–Crippen MR) is 124 cm³/mol. The first-order valence-corrected chi connectivity index (χ1v) is 10.9. The van der Waals surface area contributed by atoms with Gasteiger partial charge in [-0.25, -0.2) is 9.97 Å². The number of para-hydroxylation sites is 1. The first-order valence-electron chi connectivity index (χ1n) is 10.9. The summed E-state index contributed by atoms with van der Waals surface area (Å²) in [6.07, 6.45) is 5.53. The average molecular weight is 422 g/mol. The number of nitrogens with one attached hydrogen (secondary N) is 2. The smallest absolute Gasteiger partial charge is 0.242 e. The fraction of sp³-hybridized carbons (Fsp3) is 0.435. The molecule has 0 unspecified atom stereocenters. The summed E-state index contributed by atoms with van der Waals surface area (Å²) >= 11 is 0. The summed E-state index contributed by atoms with van der Waals surface area (Å²) in [6, 6.07) is 12.1. The van der Waals surface area contributed by atoms with E-state index in [0.29, 0.717) is 13.1 Å². The third kappa shape index (κ3) is 5.14. The van der Waals surface area contributed by atoms with Crippen LogP contribution in [0.2, 0.25) is 0 Å². The minimum atomic E-state index is 0.132. The monoisotopic (exact) mass is 421 g/mol. The Kier molecular flexibility index (Phi) is 6.66. The molecule has 1 fully saturated rings. The van der Waals surface area contributed by atoms with E-state index in [4.69, 9.17) is 0 Å². The molecule has 8 nitrogen and oxygen atoms in total. The van der Waals surface area contributed by atoms with Crippen LogP contribution in [0.1, 0.15) is 12.8 Å². The number of likely N-dealkylation sites (N-methyl/N-ethyl adjacent to an activating group) is 1. The highest BCUT2D eigenvalue weighted by Gasteiger charge is 2.29. The fourth-order valence-corrected chi connectivity index (χ4v) is 4.17. The van der Waals surface area contributed by atoms with Gasteiger partial charge in [0.05, 0.1) is 11.9 Å². The summed E-state index contributed by atoms with van der Waals surface area (Å²) in [7, 11) is 4.09. The molecule has 0 spiro atoms. The lowest BCUT2D eigenvalue weighted by molar-refractivity contribution is -0.132. The van der Waals surface area contributed by atoms with E-state index >= 15 is 0 Å². The van der Waals surface area contributed by atoms with E-state index in [-0.39, 0.29) is 11.9 Å². The Bertz CT molecular complexity index is 988. The molecule has 2 N–H and O–H groups in total. The van der Waals surface area contributed by atoms with Crippen LogP contribution < -0.4 is 10.2 Å². The van der Waals surface area contributed by atoms with E-state index in [2.05, 4.69) is 35.0 Å². The second kappa shape index (κ2) is 9.78. The van der Waals surface area contributed by atoms with Crippen LogP contribution in [0.25, 0.3) is 11.0 Å². The molecule has 0 radical (unpaired) electrons. The Morgan fingerprint density at radius 1 is 1.19 bits per heavy atom. The number of hydrogen-bond donors (Lipinski definition) is 2. The number of benzene rings is 1. The first kappa shape index (κ1) is 21.1. The number of carbonyl (C=O) groups is 1. The van der Waals surface area contributed by atoms with Crippen molar-refractivity contribution >= 4 is 28.4 Å². The quantitative estimate of drug-likeness (QED) is 0.582. The van der Waals surface area contributed by atoms with Gasteiger partial charge in [0.15, 0.2) is 0 Å². The van der Waals surface area contributed by atoms with Crippen LogP contribution in [0.4, 0.5) is 11.5 Å². The number of piperidine rings is 1. The summed E-state index contributed by atoms with van der Waals surface area (Å²) in [6.45, 7) is 3.56.